The van der Waals surface area contributed by atoms with Crippen LogP contribution in [0.1, 0.15) is 387 Å². The maximum absolute atomic E-state index is 6.22. The fraction of sp³-hybridized carbons (Fsp3) is 0.941. The summed E-state index contributed by atoms with van der Waals surface area (Å²) < 4.78 is 6.22. The molecule has 0 aromatic heterocycles. The van der Waals surface area contributed by atoms with Gasteiger partial charge in [0, 0.05) is 13.2 Å². The Balaban J connectivity index is 4.26. The highest BCUT2D eigenvalue weighted by atomic mass is 16.5. The van der Waals surface area contributed by atoms with Gasteiger partial charge in [0.1, 0.15) is 0 Å². The van der Waals surface area contributed by atoms with Gasteiger partial charge in [-0.2, -0.15) is 0 Å². The lowest BCUT2D eigenvalue weighted by atomic mass is 9.89. The van der Waals surface area contributed by atoms with Crippen LogP contribution in [0.5, 0.6) is 0 Å². The minimum Gasteiger partial charge on any atom is -0.381 e. The van der Waals surface area contributed by atoms with Crippen LogP contribution >= 0.6 is 0 Å². The third-order valence-corrected chi connectivity index (χ3v) is 16.0. The molecule has 0 aromatic rings. The van der Waals surface area contributed by atoms with Crippen LogP contribution in [-0.4, -0.2) is 13.2 Å². The second-order valence-electron chi connectivity index (χ2n) is 23.0. The second kappa shape index (κ2) is 63.6. The van der Waals surface area contributed by atoms with Crippen LogP contribution in [0.2, 0.25) is 0 Å². The van der Waals surface area contributed by atoms with Crippen LogP contribution < -0.4 is 0 Å². The van der Waals surface area contributed by atoms with Crippen LogP contribution in [0.4, 0.5) is 0 Å². The minimum atomic E-state index is 0.976. The fourth-order valence-electron chi connectivity index (χ4n) is 11.1. The van der Waals surface area contributed by atoms with Crippen LogP contribution in [-0.2, 0) is 4.74 Å². The van der Waals surface area contributed by atoms with Crippen molar-refractivity contribution >= 4 is 0 Å². The maximum Gasteiger partial charge on any atom is 0.0466 e. The minimum absolute atomic E-state index is 0.976. The Kier molecular flexibility index (Phi) is 63.0. The molecule has 412 valence electrons. The SMILES string of the molecule is CCCCCCCCC=CCCCCCCCCC(CCCCCCCCCC)CCCCCOCCCCCC(CCCCCCCCC=CCCCCCCCC)CCCCCCCCCC. The Labute approximate surface area is 439 Å². The smallest absolute Gasteiger partial charge is 0.0466 e. The van der Waals surface area contributed by atoms with E-state index in [1.54, 1.807) is 0 Å². The summed E-state index contributed by atoms with van der Waals surface area (Å²) in [6, 6.07) is 0. The van der Waals surface area contributed by atoms with E-state index in [0.717, 1.165) is 25.0 Å². The Morgan fingerprint density at radius 1 is 0.203 bits per heavy atom. The highest BCUT2D eigenvalue weighted by Gasteiger charge is 2.11. The van der Waals surface area contributed by atoms with Crippen LogP contribution in [0.3, 0.4) is 0 Å². The molecular weight excluding hydrogens is 833 g/mol. The van der Waals surface area contributed by atoms with Gasteiger partial charge in [0.05, 0.1) is 0 Å². The van der Waals surface area contributed by atoms with Gasteiger partial charge in [0.25, 0.3) is 0 Å². The van der Waals surface area contributed by atoms with Gasteiger partial charge in [0.15, 0.2) is 0 Å². The second-order valence-corrected chi connectivity index (χ2v) is 23.0. The molecule has 0 bridgehead atoms. The Morgan fingerprint density at radius 3 is 0.594 bits per heavy atom. The van der Waals surface area contributed by atoms with Gasteiger partial charge in [-0.25, -0.2) is 0 Å². The molecule has 2 atom stereocenters. The van der Waals surface area contributed by atoms with Crippen molar-refractivity contribution in [2.24, 2.45) is 11.8 Å². The van der Waals surface area contributed by atoms with Crippen LogP contribution in [0.25, 0.3) is 0 Å². The molecule has 0 N–H and O–H groups in total. The quantitative estimate of drug-likeness (QED) is 0.0436. The third kappa shape index (κ3) is 59.9. The van der Waals surface area contributed by atoms with Gasteiger partial charge in [-0.3, -0.25) is 0 Å². The number of hydrogen-bond acceptors (Lipinski definition) is 1. The summed E-state index contributed by atoms with van der Waals surface area (Å²) in [5.41, 5.74) is 0. The topological polar surface area (TPSA) is 9.23 Å². The first-order valence-corrected chi connectivity index (χ1v) is 33.2. The highest BCUT2D eigenvalue weighted by molar-refractivity contribution is 4.82. The molecule has 0 rings (SSSR count). The summed E-state index contributed by atoms with van der Waals surface area (Å²) in [5, 5.41) is 0. The average Bonchev–Trinajstić information content (AvgIpc) is 3.36. The molecule has 0 aliphatic carbocycles. The molecule has 0 amide bonds. The number of hydrogen-bond donors (Lipinski definition) is 0. The maximum atomic E-state index is 6.22. The van der Waals surface area contributed by atoms with Crippen molar-refractivity contribution in [3.63, 3.8) is 0 Å². The van der Waals surface area contributed by atoms with E-state index in [-0.39, 0.29) is 0 Å². The molecule has 0 saturated heterocycles. The van der Waals surface area contributed by atoms with Crippen molar-refractivity contribution in [2.75, 3.05) is 13.2 Å². The molecule has 0 aromatic carbocycles. The zero-order valence-corrected chi connectivity index (χ0v) is 48.9. The van der Waals surface area contributed by atoms with E-state index in [2.05, 4.69) is 52.0 Å². The molecule has 0 heterocycles. The predicted octanol–water partition coefficient (Wildman–Crippen LogP) is 25.3. The largest absolute Gasteiger partial charge is 0.381 e. The number of rotatable bonds is 62. The monoisotopic (exact) mass is 967 g/mol. The molecule has 0 aliphatic heterocycles. The van der Waals surface area contributed by atoms with Gasteiger partial charge >= 0.3 is 0 Å². The van der Waals surface area contributed by atoms with Gasteiger partial charge in [-0.1, -0.05) is 347 Å². The van der Waals surface area contributed by atoms with Gasteiger partial charge in [-0.05, 0) is 76.0 Å². The summed E-state index contributed by atoms with van der Waals surface area (Å²) in [7, 11) is 0. The lowest BCUT2D eigenvalue weighted by molar-refractivity contribution is 0.125. The van der Waals surface area contributed by atoms with Gasteiger partial charge in [-0.15, -0.1) is 0 Å². The van der Waals surface area contributed by atoms with Crippen molar-refractivity contribution in [3.8, 4) is 0 Å². The Morgan fingerprint density at radius 2 is 0.377 bits per heavy atom. The van der Waals surface area contributed by atoms with Gasteiger partial charge < -0.3 is 4.74 Å². The molecule has 0 saturated carbocycles. The summed E-state index contributed by atoms with van der Waals surface area (Å²) in [4.78, 5) is 0. The molecule has 0 fully saturated rings. The molecule has 0 aliphatic rings. The molecule has 1 heteroatoms. The number of allylic oxidation sites excluding steroid dienone is 4. The average molecular weight is 968 g/mol. The molecule has 0 spiro atoms. The van der Waals surface area contributed by atoms with E-state index in [1.165, 1.54) is 360 Å². The summed E-state index contributed by atoms with van der Waals surface area (Å²) in [6.45, 7) is 11.3. The standard InChI is InChI=1S/C68H134O/c1-5-9-13-17-21-25-27-29-31-33-35-37-39-43-47-53-61-67(59-51-45-41-23-19-15-11-7-3)63-55-49-57-65-69-66-58-50-56-64-68(60-52-46-42-24-20-16-12-8-4)62-54-48-44-40-38-36-34-32-30-28-26-22-18-14-10-6-2/h29-32,67-68H,5-28,33-66H2,1-4H3. The summed E-state index contributed by atoms with van der Waals surface area (Å²) >= 11 is 0. The zero-order valence-electron chi connectivity index (χ0n) is 48.9. The lowest BCUT2D eigenvalue weighted by Gasteiger charge is -2.17. The molecule has 1 nitrogen and oxygen atoms in total. The number of unbranched alkanes of at least 4 members (excludes halogenated alkanes) is 42. The normalized spacial score (nSPS) is 12.9. The van der Waals surface area contributed by atoms with E-state index < -0.39 is 0 Å². The van der Waals surface area contributed by atoms with E-state index in [9.17, 15) is 0 Å². The zero-order chi connectivity index (χ0) is 49.7. The summed E-state index contributed by atoms with van der Waals surface area (Å²) in [5.74, 6) is 1.95. The van der Waals surface area contributed by atoms with E-state index in [0.29, 0.717) is 0 Å². The van der Waals surface area contributed by atoms with Gasteiger partial charge in [0.2, 0.25) is 0 Å². The van der Waals surface area contributed by atoms with Crippen molar-refractivity contribution in [3.05, 3.63) is 24.3 Å². The van der Waals surface area contributed by atoms with Crippen LogP contribution in [0.15, 0.2) is 24.3 Å². The van der Waals surface area contributed by atoms with E-state index in [4.69, 9.17) is 4.74 Å². The van der Waals surface area contributed by atoms with E-state index in [1.807, 2.05) is 0 Å². The highest BCUT2D eigenvalue weighted by Crippen LogP contribution is 2.26. The third-order valence-electron chi connectivity index (χ3n) is 16.0. The Hall–Kier alpha value is -0.560. The molecule has 69 heavy (non-hydrogen) atoms. The lowest BCUT2D eigenvalue weighted by Crippen LogP contribution is -2.03. The number of ether oxygens (including phenoxy) is 1. The molecule has 0 radical (unpaired) electrons. The fourth-order valence-corrected chi connectivity index (χ4v) is 11.1. The van der Waals surface area contributed by atoms with Crippen molar-refractivity contribution in [1.82, 2.24) is 0 Å². The van der Waals surface area contributed by atoms with Crippen LogP contribution in [0, 0.1) is 11.8 Å². The van der Waals surface area contributed by atoms with Crippen molar-refractivity contribution < 1.29 is 4.74 Å². The van der Waals surface area contributed by atoms with E-state index >= 15 is 0 Å². The molecule has 2 unspecified atom stereocenters. The first-order chi connectivity index (χ1) is 34.3. The first kappa shape index (κ1) is 68.4. The first-order valence-electron chi connectivity index (χ1n) is 33.2. The van der Waals surface area contributed by atoms with Crippen molar-refractivity contribution in [1.29, 1.82) is 0 Å². The van der Waals surface area contributed by atoms with Crippen molar-refractivity contribution in [2.45, 2.75) is 387 Å². The summed E-state index contributed by atoms with van der Waals surface area (Å²) in [6.07, 6.45) is 89.7. The Bertz CT molecular complexity index is 860. The predicted molar refractivity (Wildman–Crippen MR) is 317 cm³/mol. The molecular formula is C68H134O.